The van der Waals surface area contributed by atoms with E-state index in [0.717, 1.165) is 10.6 Å². The van der Waals surface area contributed by atoms with Crippen molar-refractivity contribution in [2.75, 3.05) is 11.1 Å². The first kappa shape index (κ1) is 16.5. The summed E-state index contributed by atoms with van der Waals surface area (Å²) in [5, 5.41) is 3.85. The second kappa shape index (κ2) is 7.51. The topological polar surface area (TPSA) is 76.7 Å². The van der Waals surface area contributed by atoms with Crippen LogP contribution in [0.4, 0.5) is 17.6 Å². The van der Waals surface area contributed by atoms with Crippen LogP contribution in [-0.2, 0) is 0 Å². The molecule has 3 rings (SSSR count). The summed E-state index contributed by atoms with van der Waals surface area (Å²) in [4.78, 5) is 13.9. The Balaban J connectivity index is 1.80. The van der Waals surface area contributed by atoms with Crippen LogP contribution >= 0.6 is 23.4 Å². The van der Waals surface area contributed by atoms with Gasteiger partial charge in [0.2, 0.25) is 11.9 Å². The average molecular weight is 358 g/mol. The molecule has 0 spiro atoms. The standard InChI is InChI=1S/C17H16ClN5S/c1-11(24-14-9-5-6-12(18)10-14)15-21-16(19)23-17(22-15)20-13-7-3-2-4-8-13/h2-11H,1H3,(H3,19,20,21,22,23). The first-order chi connectivity index (χ1) is 11.6. The largest absolute Gasteiger partial charge is 0.368 e. The van der Waals surface area contributed by atoms with Crippen molar-refractivity contribution < 1.29 is 0 Å². The molecule has 0 bridgehead atoms. The molecule has 2 aromatic carbocycles. The fourth-order valence-electron chi connectivity index (χ4n) is 2.09. The number of rotatable bonds is 5. The van der Waals surface area contributed by atoms with Gasteiger partial charge in [0.25, 0.3) is 0 Å². The van der Waals surface area contributed by atoms with Crippen molar-refractivity contribution in [2.24, 2.45) is 0 Å². The van der Waals surface area contributed by atoms with Crippen LogP contribution in [0.1, 0.15) is 18.0 Å². The third kappa shape index (κ3) is 4.37. The molecule has 3 N–H and O–H groups in total. The van der Waals surface area contributed by atoms with Crippen molar-refractivity contribution in [3.05, 3.63) is 65.4 Å². The first-order valence-electron chi connectivity index (χ1n) is 7.36. The van der Waals surface area contributed by atoms with E-state index in [4.69, 9.17) is 17.3 Å². The zero-order valence-electron chi connectivity index (χ0n) is 13.0. The first-order valence-corrected chi connectivity index (χ1v) is 8.61. The molecular weight excluding hydrogens is 342 g/mol. The number of para-hydroxylation sites is 1. The number of nitrogens with two attached hydrogens (primary N) is 1. The highest BCUT2D eigenvalue weighted by molar-refractivity contribution is 7.99. The maximum atomic E-state index is 6.03. The van der Waals surface area contributed by atoms with Crippen molar-refractivity contribution in [3.8, 4) is 0 Å². The average Bonchev–Trinajstić information content (AvgIpc) is 2.55. The highest BCUT2D eigenvalue weighted by Gasteiger charge is 2.14. The molecule has 1 aromatic heterocycles. The summed E-state index contributed by atoms with van der Waals surface area (Å²) >= 11 is 7.64. The van der Waals surface area contributed by atoms with Gasteiger partial charge in [0.1, 0.15) is 5.82 Å². The molecule has 0 amide bonds. The van der Waals surface area contributed by atoms with Crippen LogP contribution in [0.2, 0.25) is 5.02 Å². The molecule has 0 radical (unpaired) electrons. The van der Waals surface area contributed by atoms with Crippen LogP contribution in [0.3, 0.4) is 0 Å². The molecule has 0 aliphatic heterocycles. The number of hydrogen-bond acceptors (Lipinski definition) is 6. The van der Waals surface area contributed by atoms with Gasteiger partial charge in [-0.3, -0.25) is 0 Å². The van der Waals surface area contributed by atoms with E-state index in [1.54, 1.807) is 11.8 Å². The molecule has 3 aromatic rings. The molecule has 24 heavy (non-hydrogen) atoms. The van der Waals surface area contributed by atoms with Gasteiger partial charge in [-0.1, -0.05) is 35.9 Å². The minimum atomic E-state index is 0.00471. The van der Waals surface area contributed by atoms with Crippen molar-refractivity contribution in [1.29, 1.82) is 0 Å². The van der Waals surface area contributed by atoms with Gasteiger partial charge < -0.3 is 11.1 Å². The number of benzene rings is 2. The zero-order valence-corrected chi connectivity index (χ0v) is 14.6. The van der Waals surface area contributed by atoms with E-state index in [2.05, 4.69) is 20.3 Å². The molecule has 0 saturated carbocycles. The second-order valence-corrected chi connectivity index (χ2v) is 6.93. The second-order valence-electron chi connectivity index (χ2n) is 5.08. The highest BCUT2D eigenvalue weighted by Crippen LogP contribution is 2.34. The van der Waals surface area contributed by atoms with E-state index in [-0.39, 0.29) is 11.2 Å². The van der Waals surface area contributed by atoms with Crippen LogP contribution in [-0.4, -0.2) is 15.0 Å². The van der Waals surface area contributed by atoms with Crippen LogP contribution in [0.15, 0.2) is 59.5 Å². The van der Waals surface area contributed by atoms with Crippen molar-refractivity contribution in [1.82, 2.24) is 15.0 Å². The summed E-state index contributed by atoms with van der Waals surface area (Å²) in [6, 6.07) is 17.4. The summed E-state index contributed by atoms with van der Waals surface area (Å²) < 4.78 is 0. The Morgan fingerprint density at radius 1 is 1.04 bits per heavy atom. The summed E-state index contributed by atoms with van der Waals surface area (Å²) in [6.07, 6.45) is 0. The Labute approximate surface area is 149 Å². The molecule has 7 heteroatoms. The van der Waals surface area contributed by atoms with Crippen LogP contribution < -0.4 is 11.1 Å². The Morgan fingerprint density at radius 2 is 1.83 bits per heavy atom. The third-order valence-electron chi connectivity index (χ3n) is 3.17. The van der Waals surface area contributed by atoms with Gasteiger partial charge in [0.05, 0.1) is 5.25 Å². The lowest BCUT2D eigenvalue weighted by Crippen LogP contribution is -2.08. The van der Waals surface area contributed by atoms with E-state index in [1.807, 2.05) is 61.5 Å². The van der Waals surface area contributed by atoms with E-state index < -0.39 is 0 Å². The van der Waals surface area contributed by atoms with Crippen LogP contribution in [0, 0.1) is 0 Å². The normalized spacial score (nSPS) is 11.9. The molecular formula is C17H16ClN5S. The fourth-order valence-corrected chi connectivity index (χ4v) is 3.32. The molecule has 0 aliphatic rings. The van der Waals surface area contributed by atoms with Gasteiger partial charge in [0.15, 0.2) is 0 Å². The van der Waals surface area contributed by atoms with Crippen LogP contribution in [0.5, 0.6) is 0 Å². The van der Waals surface area contributed by atoms with E-state index in [9.17, 15) is 0 Å². The number of thioether (sulfide) groups is 1. The minimum Gasteiger partial charge on any atom is -0.368 e. The lowest BCUT2D eigenvalue weighted by Gasteiger charge is -2.12. The van der Waals surface area contributed by atoms with Gasteiger partial charge in [-0.15, -0.1) is 11.8 Å². The highest BCUT2D eigenvalue weighted by atomic mass is 35.5. The molecule has 0 saturated heterocycles. The maximum Gasteiger partial charge on any atom is 0.232 e. The molecule has 0 fully saturated rings. The molecule has 1 heterocycles. The lowest BCUT2D eigenvalue weighted by atomic mass is 10.3. The fraction of sp³-hybridized carbons (Fsp3) is 0.118. The van der Waals surface area contributed by atoms with Gasteiger partial charge in [-0.25, -0.2) is 0 Å². The Hall–Kier alpha value is -2.31. The number of nitrogen functional groups attached to an aromatic ring is 1. The molecule has 1 atom stereocenters. The number of aromatic nitrogens is 3. The Kier molecular flexibility index (Phi) is 5.17. The quantitative estimate of drug-likeness (QED) is 0.644. The molecule has 1 unspecified atom stereocenters. The summed E-state index contributed by atoms with van der Waals surface area (Å²) in [5.41, 5.74) is 6.73. The molecule has 122 valence electrons. The predicted molar refractivity (Wildman–Crippen MR) is 99.7 cm³/mol. The smallest absolute Gasteiger partial charge is 0.232 e. The minimum absolute atomic E-state index is 0.00471. The van der Waals surface area contributed by atoms with Crippen molar-refractivity contribution in [2.45, 2.75) is 17.1 Å². The van der Waals surface area contributed by atoms with Crippen molar-refractivity contribution in [3.63, 3.8) is 0 Å². The summed E-state index contributed by atoms with van der Waals surface area (Å²) in [7, 11) is 0. The number of hydrogen-bond donors (Lipinski definition) is 2. The molecule has 0 aliphatic carbocycles. The monoisotopic (exact) mass is 357 g/mol. The van der Waals surface area contributed by atoms with E-state index in [1.165, 1.54) is 0 Å². The van der Waals surface area contributed by atoms with Crippen molar-refractivity contribution >= 4 is 40.9 Å². The van der Waals surface area contributed by atoms with Gasteiger partial charge >= 0.3 is 0 Å². The number of nitrogens with one attached hydrogen (secondary N) is 1. The van der Waals surface area contributed by atoms with Gasteiger partial charge in [0, 0.05) is 15.6 Å². The van der Waals surface area contributed by atoms with E-state index in [0.29, 0.717) is 16.8 Å². The third-order valence-corrected chi connectivity index (χ3v) is 4.50. The van der Waals surface area contributed by atoms with Gasteiger partial charge in [-0.2, -0.15) is 15.0 Å². The number of nitrogens with zero attached hydrogens (tertiary/aromatic N) is 3. The SMILES string of the molecule is CC(Sc1cccc(Cl)c1)c1nc(N)nc(Nc2ccccc2)n1. The number of anilines is 3. The predicted octanol–water partition coefficient (Wildman–Crippen LogP) is 4.70. The number of halogens is 1. The maximum absolute atomic E-state index is 6.03. The lowest BCUT2D eigenvalue weighted by molar-refractivity contribution is 0.896. The van der Waals surface area contributed by atoms with E-state index >= 15 is 0 Å². The Morgan fingerprint density at radius 3 is 2.58 bits per heavy atom. The van der Waals surface area contributed by atoms with Gasteiger partial charge in [-0.05, 0) is 37.3 Å². The summed E-state index contributed by atoms with van der Waals surface area (Å²) in [5.74, 6) is 1.24. The zero-order chi connectivity index (χ0) is 16.9. The molecule has 5 nitrogen and oxygen atoms in total. The Bertz CT molecular complexity index is 828. The van der Waals surface area contributed by atoms with Crippen LogP contribution in [0.25, 0.3) is 0 Å². The summed E-state index contributed by atoms with van der Waals surface area (Å²) in [6.45, 7) is 2.02.